The van der Waals surface area contributed by atoms with E-state index in [1.165, 1.54) is 5.56 Å². The van der Waals surface area contributed by atoms with Gasteiger partial charge in [0.25, 0.3) is 0 Å². The molecule has 1 aromatic heterocycles. The lowest BCUT2D eigenvalue weighted by molar-refractivity contribution is -0.118. The van der Waals surface area contributed by atoms with E-state index in [0.29, 0.717) is 25.9 Å². The van der Waals surface area contributed by atoms with Crippen LogP contribution in [0, 0.1) is 0 Å². The van der Waals surface area contributed by atoms with Crippen LogP contribution in [0.2, 0.25) is 0 Å². The number of amides is 3. The first-order valence-corrected chi connectivity index (χ1v) is 9.04. The van der Waals surface area contributed by atoms with Crippen LogP contribution >= 0.6 is 11.3 Å². The van der Waals surface area contributed by atoms with Gasteiger partial charge in [0.05, 0.1) is 6.54 Å². The second-order valence-corrected chi connectivity index (χ2v) is 6.75. The molecule has 0 saturated carbocycles. The summed E-state index contributed by atoms with van der Waals surface area (Å²) in [5, 5.41) is 7.58. The SMILES string of the molecule is O=C(NCCCC(=O)N1CCc2ccccc21)NCc1cccs1. The minimum absolute atomic E-state index is 0.126. The molecule has 0 bridgehead atoms. The average Bonchev–Trinajstić information content (AvgIpc) is 3.26. The van der Waals surface area contributed by atoms with Gasteiger partial charge in [-0.1, -0.05) is 24.3 Å². The monoisotopic (exact) mass is 343 g/mol. The summed E-state index contributed by atoms with van der Waals surface area (Å²) in [7, 11) is 0. The molecular formula is C18H21N3O2S. The van der Waals surface area contributed by atoms with Crippen LogP contribution in [0.1, 0.15) is 23.3 Å². The Labute approximate surface area is 145 Å². The lowest BCUT2D eigenvalue weighted by Crippen LogP contribution is -2.36. The highest BCUT2D eigenvalue weighted by molar-refractivity contribution is 7.09. The summed E-state index contributed by atoms with van der Waals surface area (Å²) >= 11 is 1.61. The molecular weight excluding hydrogens is 322 g/mol. The number of para-hydroxylation sites is 1. The van der Waals surface area contributed by atoms with Gasteiger partial charge in [-0.2, -0.15) is 0 Å². The largest absolute Gasteiger partial charge is 0.338 e. The van der Waals surface area contributed by atoms with Crippen molar-refractivity contribution in [3.05, 3.63) is 52.2 Å². The molecule has 0 fully saturated rings. The van der Waals surface area contributed by atoms with Crippen LogP contribution in [0.15, 0.2) is 41.8 Å². The minimum atomic E-state index is -0.192. The number of anilines is 1. The van der Waals surface area contributed by atoms with E-state index in [4.69, 9.17) is 0 Å². The number of rotatable bonds is 6. The molecule has 5 nitrogen and oxygen atoms in total. The highest BCUT2D eigenvalue weighted by atomic mass is 32.1. The number of benzene rings is 1. The first kappa shape index (κ1) is 16.5. The molecule has 3 amide bonds. The number of carbonyl (C=O) groups excluding carboxylic acids is 2. The number of hydrogen-bond acceptors (Lipinski definition) is 3. The topological polar surface area (TPSA) is 61.4 Å². The second kappa shape index (κ2) is 7.97. The van der Waals surface area contributed by atoms with Gasteiger partial charge in [-0.25, -0.2) is 4.79 Å². The normalized spacial score (nSPS) is 12.8. The molecule has 6 heteroatoms. The molecule has 2 heterocycles. The lowest BCUT2D eigenvalue weighted by atomic mass is 10.2. The van der Waals surface area contributed by atoms with Gasteiger partial charge in [-0.3, -0.25) is 4.79 Å². The van der Waals surface area contributed by atoms with E-state index in [1.807, 2.05) is 40.6 Å². The third-order valence-corrected chi connectivity index (χ3v) is 4.92. The summed E-state index contributed by atoms with van der Waals surface area (Å²) in [6, 6.07) is 11.8. The van der Waals surface area contributed by atoms with Gasteiger partial charge in [-0.05, 0) is 35.9 Å². The van der Waals surface area contributed by atoms with Gasteiger partial charge < -0.3 is 15.5 Å². The zero-order chi connectivity index (χ0) is 16.8. The van der Waals surface area contributed by atoms with E-state index in [9.17, 15) is 9.59 Å². The van der Waals surface area contributed by atoms with Crippen LogP contribution in [0.5, 0.6) is 0 Å². The Hall–Kier alpha value is -2.34. The van der Waals surface area contributed by atoms with E-state index >= 15 is 0 Å². The Morgan fingerprint density at radius 1 is 1.12 bits per heavy atom. The average molecular weight is 343 g/mol. The first-order valence-electron chi connectivity index (χ1n) is 8.16. The predicted molar refractivity (Wildman–Crippen MR) is 96.3 cm³/mol. The van der Waals surface area contributed by atoms with Crippen molar-refractivity contribution in [1.29, 1.82) is 0 Å². The van der Waals surface area contributed by atoms with Crippen molar-refractivity contribution < 1.29 is 9.59 Å². The molecule has 126 valence electrons. The Balaban J connectivity index is 1.35. The van der Waals surface area contributed by atoms with Crippen LogP contribution < -0.4 is 15.5 Å². The van der Waals surface area contributed by atoms with E-state index in [0.717, 1.165) is 23.5 Å². The van der Waals surface area contributed by atoms with Crippen LogP contribution in [0.3, 0.4) is 0 Å². The van der Waals surface area contributed by atoms with Crippen molar-refractivity contribution in [2.75, 3.05) is 18.0 Å². The molecule has 2 aromatic rings. The fourth-order valence-electron chi connectivity index (χ4n) is 2.82. The highest BCUT2D eigenvalue weighted by Crippen LogP contribution is 2.27. The Morgan fingerprint density at radius 2 is 2.00 bits per heavy atom. The Morgan fingerprint density at radius 3 is 2.83 bits per heavy atom. The summed E-state index contributed by atoms with van der Waals surface area (Å²) < 4.78 is 0. The number of urea groups is 1. The van der Waals surface area contributed by atoms with Crippen molar-refractivity contribution in [2.24, 2.45) is 0 Å². The number of thiophene rings is 1. The van der Waals surface area contributed by atoms with E-state index in [1.54, 1.807) is 11.3 Å². The van der Waals surface area contributed by atoms with Crippen molar-refractivity contribution in [1.82, 2.24) is 10.6 Å². The van der Waals surface area contributed by atoms with Crippen LogP contribution in [0.25, 0.3) is 0 Å². The standard InChI is InChI=1S/C18H21N3O2S/c22-17(21-11-9-14-5-1-2-7-16(14)21)8-3-10-19-18(23)20-13-15-6-4-12-24-15/h1-2,4-7,12H,3,8-11,13H2,(H2,19,20,23). The number of nitrogens with zero attached hydrogens (tertiary/aromatic N) is 1. The minimum Gasteiger partial charge on any atom is -0.338 e. The van der Waals surface area contributed by atoms with Crippen molar-refractivity contribution in [2.45, 2.75) is 25.8 Å². The van der Waals surface area contributed by atoms with Gasteiger partial charge in [0, 0.05) is 30.1 Å². The van der Waals surface area contributed by atoms with Crippen LogP contribution in [-0.2, 0) is 17.8 Å². The smallest absolute Gasteiger partial charge is 0.315 e. The predicted octanol–water partition coefficient (Wildman–Crippen LogP) is 2.92. The van der Waals surface area contributed by atoms with Gasteiger partial charge in [0.15, 0.2) is 0 Å². The number of carbonyl (C=O) groups is 2. The van der Waals surface area contributed by atoms with Crippen LogP contribution in [-0.4, -0.2) is 25.0 Å². The van der Waals surface area contributed by atoms with Gasteiger partial charge >= 0.3 is 6.03 Å². The molecule has 0 spiro atoms. The summed E-state index contributed by atoms with van der Waals surface area (Å²) in [6.07, 6.45) is 2.01. The molecule has 1 aliphatic heterocycles. The van der Waals surface area contributed by atoms with Crippen molar-refractivity contribution >= 4 is 29.0 Å². The number of hydrogen-bond donors (Lipinski definition) is 2. The third kappa shape index (κ3) is 4.14. The summed E-state index contributed by atoms with van der Waals surface area (Å²) in [5.74, 6) is 0.126. The zero-order valence-electron chi connectivity index (χ0n) is 13.5. The number of fused-ring (bicyclic) bond motifs is 1. The first-order chi connectivity index (χ1) is 11.7. The number of nitrogens with one attached hydrogen (secondary N) is 2. The van der Waals surface area contributed by atoms with Crippen LogP contribution in [0.4, 0.5) is 10.5 Å². The molecule has 24 heavy (non-hydrogen) atoms. The summed E-state index contributed by atoms with van der Waals surface area (Å²) in [4.78, 5) is 27.0. The summed E-state index contributed by atoms with van der Waals surface area (Å²) in [5.41, 5.74) is 2.26. The molecule has 0 radical (unpaired) electrons. The van der Waals surface area contributed by atoms with Gasteiger partial charge in [0.1, 0.15) is 0 Å². The van der Waals surface area contributed by atoms with E-state index in [-0.39, 0.29) is 11.9 Å². The maximum Gasteiger partial charge on any atom is 0.315 e. The van der Waals surface area contributed by atoms with E-state index in [2.05, 4.69) is 16.7 Å². The maximum atomic E-state index is 12.3. The molecule has 1 aliphatic rings. The van der Waals surface area contributed by atoms with E-state index < -0.39 is 0 Å². The maximum absolute atomic E-state index is 12.3. The Kier molecular flexibility index (Phi) is 5.48. The summed E-state index contributed by atoms with van der Waals surface area (Å²) in [6.45, 7) is 1.79. The zero-order valence-corrected chi connectivity index (χ0v) is 14.3. The third-order valence-electron chi connectivity index (χ3n) is 4.04. The van der Waals surface area contributed by atoms with Crippen molar-refractivity contribution in [3.8, 4) is 0 Å². The molecule has 2 N–H and O–H groups in total. The molecule has 0 saturated heterocycles. The molecule has 0 aliphatic carbocycles. The highest BCUT2D eigenvalue weighted by Gasteiger charge is 2.23. The fourth-order valence-corrected chi connectivity index (χ4v) is 3.46. The Bertz CT molecular complexity index is 700. The van der Waals surface area contributed by atoms with Gasteiger partial charge in [0.2, 0.25) is 5.91 Å². The molecule has 3 rings (SSSR count). The van der Waals surface area contributed by atoms with Crippen molar-refractivity contribution in [3.63, 3.8) is 0 Å². The quantitative estimate of drug-likeness (QED) is 0.792. The molecule has 0 unspecified atom stereocenters. The van der Waals surface area contributed by atoms with Gasteiger partial charge in [-0.15, -0.1) is 11.3 Å². The molecule has 0 atom stereocenters. The molecule has 1 aromatic carbocycles. The second-order valence-electron chi connectivity index (χ2n) is 5.72. The lowest BCUT2D eigenvalue weighted by Gasteiger charge is -2.17. The fraction of sp³-hybridized carbons (Fsp3) is 0.333.